The Morgan fingerprint density at radius 1 is 1.36 bits per heavy atom. The fraction of sp³-hybridized carbons (Fsp3) is 0.636. The van der Waals surface area contributed by atoms with Gasteiger partial charge in [-0.05, 0) is 18.8 Å². The van der Waals surface area contributed by atoms with Gasteiger partial charge in [-0.25, -0.2) is 0 Å². The largest absolute Gasteiger partial charge is 0.289 e. The Balaban J connectivity index is 2.64. The second kappa shape index (κ2) is 4.94. The topological polar surface area (TPSA) is 46.2 Å². The predicted molar refractivity (Wildman–Crippen MR) is 54.5 cm³/mol. The molecule has 1 unspecified atom stereocenters. The van der Waals surface area contributed by atoms with Gasteiger partial charge in [0.05, 0.1) is 0 Å². The lowest BCUT2D eigenvalue weighted by atomic mass is 9.91. The molecule has 78 valence electrons. The Labute approximate surface area is 84.6 Å². The van der Waals surface area contributed by atoms with E-state index in [0.29, 0.717) is 5.57 Å². The average molecular weight is 195 g/mol. The molecule has 14 heavy (non-hydrogen) atoms. The van der Waals surface area contributed by atoms with E-state index in [1.54, 1.807) is 0 Å². The molecular weight excluding hydrogens is 178 g/mol. The van der Waals surface area contributed by atoms with Crippen molar-refractivity contribution in [2.45, 2.75) is 39.5 Å². The SMILES string of the molecule is CCCCC(CC)C1=CC(=O)NC1=O. The van der Waals surface area contributed by atoms with E-state index in [-0.39, 0.29) is 17.7 Å². The van der Waals surface area contributed by atoms with Crippen LogP contribution in [0.15, 0.2) is 11.6 Å². The zero-order valence-electron chi connectivity index (χ0n) is 8.80. The van der Waals surface area contributed by atoms with E-state index >= 15 is 0 Å². The van der Waals surface area contributed by atoms with Gasteiger partial charge in [0, 0.05) is 11.6 Å². The zero-order chi connectivity index (χ0) is 10.6. The van der Waals surface area contributed by atoms with Crippen molar-refractivity contribution in [2.24, 2.45) is 5.92 Å². The fourth-order valence-corrected chi connectivity index (χ4v) is 1.76. The van der Waals surface area contributed by atoms with Gasteiger partial charge in [-0.3, -0.25) is 14.9 Å². The van der Waals surface area contributed by atoms with Crippen molar-refractivity contribution < 1.29 is 9.59 Å². The number of carbonyl (C=O) groups excluding carboxylic acids is 2. The molecule has 0 saturated heterocycles. The van der Waals surface area contributed by atoms with Crippen molar-refractivity contribution in [3.05, 3.63) is 11.6 Å². The summed E-state index contributed by atoms with van der Waals surface area (Å²) in [5, 5.41) is 2.29. The highest BCUT2D eigenvalue weighted by atomic mass is 16.2. The lowest BCUT2D eigenvalue weighted by molar-refractivity contribution is -0.124. The first kappa shape index (κ1) is 11.0. The number of unbranched alkanes of at least 4 members (excludes halogenated alkanes) is 1. The Morgan fingerprint density at radius 2 is 2.07 bits per heavy atom. The van der Waals surface area contributed by atoms with Crippen molar-refractivity contribution in [3.63, 3.8) is 0 Å². The van der Waals surface area contributed by atoms with Gasteiger partial charge in [0.25, 0.3) is 11.8 Å². The second-order valence-corrected chi connectivity index (χ2v) is 3.67. The van der Waals surface area contributed by atoms with Gasteiger partial charge < -0.3 is 0 Å². The third kappa shape index (κ3) is 2.44. The van der Waals surface area contributed by atoms with E-state index < -0.39 is 0 Å². The molecule has 2 amide bonds. The molecule has 3 nitrogen and oxygen atoms in total. The van der Waals surface area contributed by atoms with Crippen LogP contribution in [0.25, 0.3) is 0 Å². The summed E-state index contributed by atoms with van der Waals surface area (Å²) in [6, 6.07) is 0. The normalized spacial score (nSPS) is 18.0. The molecule has 1 aliphatic rings. The molecule has 1 N–H and O–H groups in total. The summed E-state index contributed by atoms with van der Waals surface area (Å²) >= 11 is 0. The Morgan fingerprint density at radius 3 is 2.50 bits per heavy atom. The molecule has 0 aromatic carbocycles. The molecular formula is C11H17NO2. The maximum Gasteiger partial charge on any atom is 0.254 e. The van der Waals surface area contributed by atoms with E-state index in [4.69, 9.17) is 0 Å². The Hall–Kier alpha value is -1.12. The van der Waals surface area contributed by atoms with Gasteiger partial charge in [-0.1, -0.05) is 26.7 Å². The standard InChI is InChI=1S/C11H17NO2/c1-3-5-6-8(4-2)9-7-10(13)12-11(9)14/h7-8H,3-6H2,1-2H3,(H,12,13,14). The van der Waals surface area contributed by atoms with Gasteiger partial charge in [0.1, 0.15) is 0 Å². The number of rotatable bonds is 5. The molecule has 0 aromatic rings. The lowest BCUT2D eigenvalue weighted by Crippen LogP contribution is -2.24. The van der Waals surface area contributed by atoms with Crippen LogP contribution in [-0.4, -0.2) is 11.8 Å². The first-order valence-electron chi connectivity index (χ1n) is 5.25. The van der Waals surface area contributed by atoms with Gasteiger partial charge >= 0.3 is 0 Å². The van der Waals surface area contributed by atoms with Gasteiger partial charge in [-0.15, -0.1) is 0 Å². The Bertz CT molecular complexity index is 268. The minimum atomic E-state index is -0.264. The second-order valence-electron chi connectivity index (χ2n) is 3.67. The third-order valence-electron chi connectivity index (χ3n) is 2.62. The zero-order valence-corrected chi connectivity index (χ0v) is 8.80. The van der Waals surface area contributed by atoms with Crippen LogP contribution in [0.4, 0.5) is 0 Å². The predicted octanol–water partition coefficient (Wildman–Crippen LogP) is 1.79. The van der Waals surface area contributed by atoms with Crippen LogP contribution in [0.3, 0.4) is 0 Å². The summed E-state index contributed by atoms with van der Waals surface area (Å²) in [7, 11) is 0. The first-order valence-corrected chi connectivity index (χ1v) is 5.25. The van der Waals surface area contributed by atoms with Crippen LogP contribution >= 0.6 is 0 Å². The van der Waals surface area contributed by atoms with E-state index in [0.717, 1.165) is 25.7 Å². The average Bonchev–Trinajstić information content (AvgIpc) is 2.47. The third-order valence-corrected chi connectivity index (χ3v) is 2.62. The molecule has 0 fully saturated rings. The fourth-order valence-electron chi connectivity index (χ4n) is 1.76. The minimum Gasteiger partial charge on any atom is -0.289 e. The Kier molecular flexibility index (Phi) is 3.86. The van der Waals surface area contributed by atoms with Crippen molar-refractivity contribution in [1.29, 1.82) is 0 Å². The molecule has 1 heterocycles. The summed E-state index contributed by atoms with van der Waals surface area (Å²) in [6.07, 6.45) is 5.61. The van der Waals surface area contributed by atoms with Gasteiger partial charge in [-0.2, -0.15) is 0 Å². The number of nitrogens with one attached hydrogen (secondary N) is 1. The van der Waals surface area contributed by atoms with Crippen LogP contribution < -0.4 is 5.32 Å². The monoisotopic (exact) mass is 195 g/mol. The summed E-state index contributed by atoms with van der Waals surface area (Å²) in [5.41, 5.74) is 0.672. The quantitative estimate of drug-likeness (QED) is 0.680. The smallest absolute Gasteiger partial charge is 0.254 e. The summed E-state index contributed by atoms with van der Waals surface area (Å²) in [6.45, 7) is 4.18. The highest BCUT2D eigenvalue weighted by molar-refractivity contribution is 6.16. The molecule has 0 spiro atoms. The van der Waals surface area contributed by atoms with Crippen molar-refractivity contribution in [3.8, 4) is 0 Å². The highest BCUT2D eigenvalue weighted by Gasteiger charge is 2.26. The van der Waals surface area contributed by atoms with Gasteiger partial charge in [0.2, 0.25) is 0 Å². The van der Waals surface area contributed by atoms with E-state index in [1.165, 1.54) is 6.08 Å². The first-order chi connectivity index (χ1) is 6.69. The molecule has 0 saturated carbocycles. The number of amides is 2. The number of hydrogen-bond donors (Lipinski definition) is 1. The van der Waals surface area contributed by atoms with Crippen LogP contribution in [0.5, 0.6) is 0 Å². The molecule has 3 heteroatoms. The van der Waals surface area contributed by atoms with Crippen LogP contribution in [-0.2, 0) is 9.59 Å². The molecule has 1 aliphatic heterocycles. The summed E-state index contributed by atoms with van der Waals surface area (Å²) in [4.78, 5) is 22.3. The minimum absolute atomic E-state index is 0.196. The van der Waals surface area contributed by atoms with Crippen LogP contribution in [0.1, 0.15) is 39.5 Å². The van der Waals surface area contributed by atoms with E-state index in [2.05, 4.69) is 19.2 Å². The summed E-state index contributed by atoms with van der Waals surface area (Å²) < 4.78 is 0. The van der Waals surface area contributed by atoms with Crippen LogP contribution in [0, 0.1) is 5.92 Å². The van der Waals surface area contributed by atoms with Crippen molar-refractivity contribution in [1.82, 2.24) is 5.32 Å². The maximum atomic E-state index is 11.3. The highest BCUT2D eigenvalue weighted by Crippen LogP contribution is 2.23. The van der Waals surface area contributed by atoms with Gasteiger partial charge in [0.15, 0.2) is 0 Å². The molecule has 0 bridgehead atoms. The molecule has 1 atom stereocenters. The molecule has 0 aliphatic carbocycles. The van der Waals surface area contributed by atoms with Crippen molar-refractivity contribution >= 4 is 11.8 Å². The van der Waals surface area contributed by atoms with E-state index in [1.807, 2.05) is 0 Å². The lowest BCUT2D eigenvalue weighted by Gasteiger charge is -2.13. The van der Waals surface area contributed by atoms with E-state index in [9.17, 15) is 9.59 Å². The molecule has 0 aromatic heterocycles. The maximum absolute atomic E-state index is 11.3. The van der Waals surface area contributed by atoms with Crippen LogP contribution in [0.2, 0.25) is 0 Å². The number of hydrogen-bond acceptors (Lipinski definition) is 2. The molecule has 1 rings (SSSR count). The number of carbonyl (C=O) groups is 2. The van der Waals surface area contributed by atoms with Crippen molar-refractivity contribution in [2.75, 3.05) is 0 Å². The number of imide groups is 1. The molecule has 0 radical (unpaired) electrons. The summed E-state index contributed by atoms with van der Waals surface area (Å²) in [5.74, 6) is -0.209.